The molecule has 0 aliphatic heterocycles. The van der Waals surface area contributed by atoms with Gasteiger partial charge in [-0.1, -0.05) is 25.8 Å². The van der Waals surface area contributed by atoms with Crippen LogP contribution < -0.4 is 15.4 Å². The average Bonchev–Trinajstić information content (AvgIpc) is 2.50. The second-order valence-corrected chi connectivity index (χ2v) is 5.84. The van der Waals surface area contributed by atoms with Crippen LogP contribution in [0, 0.1) is 5.92 Å². The molecular formula is C17H26N2O3. The molecule has 1 saturated carbocycles. The highest BCUT2D eigenvalue weighted by Crippen LogP contribution is 2.24. The van der Waals surface area contributed by atoms with Crippen LogP contribution in [0.4, 0.5) is 10.5 Å². The number of hydrogen-bond donors (Lipinski definition) is 2. The maximum absolute atomic E-state index is 12.1. The Labute approximate surface area is 132 Å². The molecule has 2 unspecified atom stereocenters. The zero-order valence-corrected chi connectivity index (χ0v) is 13.4. The second kappa shape index (κ2) is 8.63. The van der Waals surface area contributed by atoms with Crippen molar-refractivity contribution in [2.75, 3.05) is 25.6 Å². The van der Waals surface area contributed by atoms with Crippen LogP contribution in [0.2, 0.25) is 0 Å². The van der Waals surface area contributed by atoms with Crippen LogP contribution in [0.5, 0.6) is 5.75 Å². The van der Waals surface area contributed by atoms with Crippen LogP contribution in [-0.4, -0.2) is 32.4 Å². The van der Waals surface area contributed by atoms with E-state index >= 15 is 0 Å². The number of rotatable bonds is 6. The molecule has 2 amide bonds. The van der Waals surface area contributed by atoms with Crippen LogP contribution in [0.15, 0.2) is 24.3 Å². The lowest BCUT2D eigenvalue weighted by atomic mass is 9.86. The molecule has 122 valence electrons. The number of anilines is 1. The van der Waals surface area contributed by atoms with E-state index in [9.17, 15) is 4.79 Å². The van der Waals surface area contributed by atoms with Crippen LogP contribution in [-0.2, 0) is 4.74 Å². The summed E-state index contributed by atoms with van der Waals surface area (Å²) in [6.45, 7) is 3.23. The molecule has 1 fully saturated rings. The summed E-state index contributed by atoms with van der Waals surface area (Å²) in [5, 5.41) is 5.96. The number of ether oxygens (including phenoxy) is 2. The van der Waals surface area contributed by atoms with Gasteiger partial charge in [0.2, 0.25) is 0 Å². The van der Waals surface area contributed by atoms with Crippen molar-refractivity contribution in [3.05, 3.63) is 24.3 Å². The van der Waals surface area contributed by atoms with Crippen LogP contribution in [0.1, 0.15) is 32.6 Å². The van der Waals surface area contributed by atoms with Crippen molar-refractivity contribution in [1.29, 1.82) is 0 Å². The van der Waals surface area contributed by atoms with Crippen molar-refractivity contribution >= 4 is 11.7 Å². The molecule has 0 saturated heterocycles. The molecule has 0 bridgehead atoms. The third-order valence-electron chi connectivity index (χ3n) is 4.08. The molecule has 1 aromatic rings. The van der Waals surface area contributed by atoms with Gasteiger partial charge in [0.1, 0.15) is 12.4 Å². The number of carbonyl (C=O) groups is 1. The summed E-state index contributed by atoms with van der Waals surface area (Å²) in [4.78, 5) is 12.1. The smallest absolute Gasteiger partial charge is 0.319 e. The molecule has 0 spiro atoms. The predicted molar refractivity (Wildman–Crippen MR) is 87.4 cm³/mol. The third-order valence-corrected chi connectivity index (χ3v) is 4.08. The van der Waals surface area contributed by atoms with Gasteiger partial charge in [-0.25, -0.2) is 4.79 Å². The van der Waals surface area contributed by atoms with Crippen molar-refractivity contribution < 1.29 is 14.3 Å². The first-order chi connectivity index (χ1) is 10.7. The summed E-state index contributed by atoms with van der Waals surface area (Å²) in [5.41, 5.74) is 0.732. The lowest BCUT2D eigenvalue weighted by molar-refractivity contribution is 0.146. The summed E-state index contributed by atoms with van der Waals surface area (Å²) in [6, 6.07) is 7.53. The van der Waals surface area contributed by atoms with Gasteiger partial charge in [-0.2, -0.15) is 0 Å². The van der Waals surface area contributed by atoms with Gasteiger partial charge in [-0.3, -0.25) is 0 Å². The average molecular weight is 306 g/mol. The SMILES string of the molecule is COCCOc1cccc(NC(=O)NC2CCCCC2C)c1. The highest BCUT2D eigenvalue weighted by molar-refractivity contribution is 5.89. The van der Waals surface area contributed by atoms with E-state index in [1.165, 1.54) is 19.3 Å². The third kappa shape index (κ3) is 5.22. The molecule has 0 radical (unpaired) electrons. The van der Waals surface area contributed by atoms with E-state index in [1.54, 1.807) is 7.11 Å². The molecule has 1 aromatic carbocycles. The number of hydrogen-bond acceptors (Lipinski definition) is 3. The quantitative estimate of drug-likeness (QED) is 0.792. The Kier molecular flexibility index (Phi) is 6.52. The van der Waals surface area contributed by atoms with Crippen LogP contribution in [0.3, 0.4) is 0 Å². The zero-order valence-electron chi connectivity index (χ0n) is 13.4. The Morgan fingerprint density at radius 1 is 1.27 bits per heavy atom. The second-order valence-electron chi connectivity index (χ2n) is 5.84. The molecule has 5 nitrogen and oxygen atoms in total. The first kappa shape index (κ1) is 16.6. The number of methoxy groups -OCH3 is 1. The maximum atomic E-state index is 12.1. The molecule has 5 heteroatoms. The Morgan fingerprint density at radius 2 is 2.09 bits per heavy atom. The lowest BCUT2D eigenvalue weighted by Crippen LogP contribution is -2.43. The maximum Gasteiger partial charge on any atom is 0.319 e. The van der Waals surface area contributed by atoms with Gasteiger partial charge in [0.15, 0.2) is 0 Å². The highest BCUT2D eigenvalue weighted by Gasteiger charge is 2.22. The standard InChI is InChI=1S/C17H26N2O3/c1-13-6-3-4-9-16(13)19-17(20)18-14-7-5-8-15(12-14)22-11-10-21-2/h5,7-8,12-13,16H,3-4,6,9-11H2,1-2H3,(H2,18,19,20). The summed E-state index contributed by atoms with van der Waals surface area (Å²) in [5.74, 6) is 1.27. The van der Waals surface area contributed by atoms with Crippen molar-refractivity contribution in [3.63, 3.8) is 0 Å². The molecule has 2 N–H and O–H groups in total. The van der Waals surface area contributed by atoms with E-state index in [0.717, 1.165) is 17.9 Å². The van der Waals surface area contributed by atoms with Gasteiger partial charge >= 0.3 is 6.03 Å². The van der Waals surface area contributed by atoms with Gasteiger partial charge in [0.25, 0.3) is 0 Å². The van der Waals surface area contributed by atoms with E-state index in [2.05, 4.69) is 17.6 Å². The monoisotopic (exact) mass is 306 g/mol. The zero-order chi connectivity index (χ0) is 15.8. The van der Waals surface area contributed by atoms with E-state index < -0.39 is 0 Å². The molecule has 1 aliphatic rings. The predicted octanol–water partition coefficient (Wildman–Crippen LogP) is 3.41. The largest absolute Gasteiger partial charge is 0.491 e. The van der Waals surface area contributed by atoms with E-state index in [4.69, 9.17) is 9.47 Å². The minimum Gasteiger partial charge on any atom is -0.491 e. The Bertz CT molecular complexity index is 479. The topological polar surface area (TPSA) is 59.6 Å². The van der Waals surface area contributed by atoms with Crippen LogP contribution in [0.25, 0.3) is 0 Å². The van der Waals surface area contributed by atoms with Crippen molar-refractivity contribution in [2.24, 2.45) is 5.92 Å². The summed E-state index contributed by atoms with van der Waals surface area (Å²) in [7, 11) is 1.64. The molecule has 2 atom stereocenters. The van der Waals surface area contributed by atoms with Gasteiger partial charge in [0.05, 0.1) is 6.61 Å². The molecule has 2 rings (SSSR count). The number of carbonyl (C=O) groups excluding carboxylic acids is 1. The van der Waals surface area contributed by atoms with Crippen molar-refractivity contribution in [2.45, 2.75) is 38.6 Å². The number of nitrogens with one attached hydrogen (secondary N) is 2. The Morgan fingerprint density at radius 3 is 2.86 bits per heavy atom. The minimum atomic E-state index is -0.146. The fourth-order valence-electron chi connectivity index (χ4n) is 2.77. The number of amides is 2. The van der Waals surface area contributed by atoms with E-state index in [0.29, 0.717) is 19.1 Å². The van der Waals surface area contributed by atoms with Crippen molar-refractivity contribution in [1.82, 2.24) is 5.32 Å². The minimum absolute atomic E-state index is 0.146. The fraction of sp³-hybridized carbons (Fsp3) is 0.588. The number of benzene rings is 1. The normalized spacial score (nSPS) is 21.2. The van der Waals surface area contributed by atoms with Gasteiger partial charge in [-0.15, -0.1) is 0 Å². The lowest BCUT2D eigenvalue weighted by Gasteiger charge is -2.29. The summed E-state index contributed by atoms with van der Waals surface area (Å²) < 4.78 is 10.5. The molecular weight excluding hydrogens is 280 g/mol. The highest BCUT2D eigenvalue weighted by atomic mass is 16.5. The van der Waals surface area contributed by atoms with E-state index in [-0.39, 0.29) is 12.1 Å². The Hall–Kier alpha value is -1.75. The molecule has 22 heavy (non-hydrogen) atoms. The van der Waals surface area contributed by atoms with Gasteiger partial charge in [0, 0.05) is 24.9 Å². The van der Waals surface area contributed by atoms with Crippen molar-refractivity contribution in [3.8, 4) is 5.75 Å². The fourth-order valence-corrected chi connectivity index (χ4v) is 2.77. The molecule has 0 aromatic heterocycles. The number of urea groups is 1. The van der Waals surface area contributed by atoms with E-state index in [1.807, 2.05) is 24.3 Å². The first-order valence-electron chi connectivity index (χ1n) is 7.98. The molecule has 0 heterocycles. The van der Waals surface area contributed by atoms with Gasteiger partial charge < -0.3 is 20.1 Å². The van der Waals surface area contributed by atoms with Gasteiger partial charge in [-0.05, 0) is 30.9 Å². The summed E-state index contributed by atoms with van der Waals surface area (Å²) in [6.07, 6.45) is 4.71. The van der Waals surface area contributed by atoms with Crippen LogP contribution >= 0.6 is 0 Å². The molecule has 1 aliphatic carbocycles. The Balaban J connectivity index is 1.84. The first-order valence-corrected chi connectivity index (χ1v) is 7.98. The summed E-state index contributed by atoms with van der Waals surface area (Å²) >= 11 is 0.